The first kappa shape index (κ1) is 19.9. The maximum Gasteiger partial charge on any atom is 0.332 e. The summed E-state index contributed by atoms with van der Waals surface area (Å²) in [5, 5.41) is 3.05. The van der Waals surface area contributed by atoms with E-state index in [0.29, 0.717) is 26.9 Å². The van der Waals surface area contributed by atoms with Crippen LogP contribution in [-0.2, 0) is 17.9 Å². The van der Waals surface area contributed by atoms with E-state index in [1.807, 2.05) is 6.92 Å². The van der Waals surface area contributed by atoms with Crippen LogP contribution in [0.5, 0.6) is 0 Å². The standard InChI is InChI=1S/C20H16F2N4O3S/c1-2-8-25-19(28)17-16(12-4-3-7-23-18(12)30-17)26(20(25)29)10-15(27)24-11-5-6-13(21)14(22)9-11/h3-7,9H,2,8,10H2,1H3,(H,24,27). The predicted molar refractivity (Wildman–Crippen MR) is 111 cm³/mol. The van der Waals surface area contributed by atoms with Gasteiger partial charge in [-0.1, -0.05) is 6.92 Å². The van der Waals surface area contributed by atoms with Crippen molar-refractivity contribution in [2.45, 2.75) is 26.4 Å². The molecule has 0 aliphatic rings. The first-order valence-electron chi connectivity index (χ1n) is 9.16. The van der Waals surface area contributed by atoms with Gasteiger partial charge in [0.25, 0.3) is 5.56 Å². The summed E-state index contributed by atoms with van der Waals surface area (Å²) in [7, 11) is 0. The van der Waals surface area contributed by atoms with Gasteiger partial charge in [-0.05, 0) is 30.7 Å². The van der Waals surface area contributed by atoms with Gasteiger partial charge in [0.2, 0.25) is 5.91 Å². The zero-order chi connectivity index (χ0) is 21.4. The van der Waals surface area contributed by atoms with Crippen LogP contribution in [-0.4, -0.2) is 20.0 Å². The van der Waals surface area contributed by atoms with E-state index >= 15 is 0 Å². The molecule has 0 saturated heterocycles. The number of carbonyl (C=O) groups is 1. The van der Waals surface area contributed by atoms with Crippen molar-refractivity contribution in [3.8, 4) is 0 Å². The third-order valence-electron chi connectivity index (χ3n) is 4.56. The van der Waals surface area contributed by atoms with E-state index in [-0.39, 0.29) is 12.2 Å². The second-order valence-corrected chi connectivity index (χ2v) is 7.64. The minimum Gasteiger partial charge on any atom is -0.324 e. The molecule has 0 fully saturated rings. The first-order valence-corrected chi connectivity index (χ1v) is 9.98. The number of nitrogens with one attached hydrogen (secondary N) is 1. The van der Waals surface area contributed by atoms with Crippen molar-refractivity contribution < 1.29 is 13.6 Å². The smallest absolute Gasteiger partial charge is 0.324 e. The Balaban J connectivity index is 1.84. The lowest BCUT2D eigenvalue weighted by molar-refractivity contribution is -0.116. The maximum absolute atomic E-state index is 13.4. The molecule has 1 N–H and O–H groups in total. The molecule has 0 saturated carbocycles. The zero-order valence-electron chi connectivity index (χ0n) is 15.8. The van der Waals surface area contributed by atoms with Gasteiger partial charge in [-0.2, -0.15) is 0 Å². The van der Waals surface area contributed by atoms with Crippen LogP contribution >= 0.6 is 11.3 Å². The van der Waals surface area contributed by atoms with Crippen LogP contribution in [0.3, 0.4) is 0 Å². The maximum atomic E-state index is 13.4. The predicted octanol–water partition coefficient (Wildman–Crippen LogP) is 3.10. The summed E-state index contributed by atoms with van der Waals surface area (Å²) in [4.78, 5) is 43.3. The van der Waals surface area contributed by atoms with E-state index in [1.54, 1.807) is 18.3 Å². The molecule has 3 aromatic heterocycles. The molecule has 1 aromatic carbocycles. The summed E-state index contributed by atoms with van der Waals surface area (Å²) in [6.45, 7) is 1.64. The Labute approximate surface area is 172 Å². The highest BCUT2D eigenvalue weighted by Gasteiger charge is 2.20. The number of anilines is 1. The number of carbonyl (C=O) groups excluding carboxylic acids is 1. The molecule has 4 rings (SSSR count). The molecule has 4 aromatic rings. The van der Waals surface area contributed by atoms with E-state index in [9.17, 15) is 23.2 Å². The zero-order valence-corrected chi connectivity index (χ0v) is 16.6. The van der Waals surface area contributed by atoms with E-state index in [0.717, 1.165) is 28.0 Å². The van der Waals surface area contributed by atoms with Crippen LogP contribution < -0.4 is 16.6 Å². The summed E-state index contributed by atoms with van der Waals surface area (Å²) in [6, 6.07) is 6.38. The Hall–Kier alpha value is -3.40. The van der Waals surface area contributed by atoms with Crippen molar-refractivity contribution in [1.29, 1.82) is 0 Å². The lowest BCUT2D eigenvalue weighted by Gasteiger charge is -2.12. The highest BCUT2D eigenvalue weighted by atomic mass is 32.1. The Morgan fingerprint density at radius 3 is 2.70 bits per heavy atom. The van der Waals surface area contributed by atoms with Crippen LogP contribution in [0.2, 0.25) is 0 Å². The fourth-order valence-corrected chi connectivity index (χ4v) is 4.36. The van der Waals surface area contributed by atoms with Gasteiger partial charge in [-0.3, -0.25) is 18.7 Å². The van der Waals surface area contributed by atoms with Gasteiger partial charge >= 0.3 is 5.69 Å². The molecule has 3 heterocycles. The van der Waals surface area contributed by atoms with Crippen molar-refractivity contribution in [2.75, 3.05) is 5.32 Å². The minimum atomic E-state index is -1.10. The molecule has 7 nitrogen and oxygen atoms in total. The van der Waals surface area contributed by atoms with Gasteiger partial charge in [-0.25, -0.2) is 18.6 Å². The van der Waals surface area contributed by atoms with Gasteiger partial charge in [0.05, 0.1) is 5.52 Å². The third kappa shape index (κ3) is 3.39. The van der Waals surface area contributed by atoms with Crippen molar-refractivity contribution >= 4 is 43.4 Å². The van der Waals surface area contributed by atoms with Crippen LogP contribution in [0.25, 0.3) is 20.4 Å². The molecule has 0 radical (unpaired) electrons. The molecular weight excluding hydrogens is 414 g/mol. The number of aromatic nitrogens is 3. The molecule has 10 heteroatoms. The van der Waals surface area contributed by atoms with Crippen LogP contribution in [0.15, 0.2) is 46.1 Å². The average molecular weight is 430 g/mol. The van der Waals surface area contributed by atoms with Crippen LogP contribution in [0.1, 0.15) is 13.3 Å². The molecule has 0 spiro atoms. The number of fused-ring (bicyclic) bond motifs is 3. The van der Waals surface area contributed by atoms with Crippen molar-refractivity contribution in [2.24, 2.45) is 0 Å². The number of halogens is 2. The highest BCUT2D eigenvalue weighted by Crippen LogP contribution is 2.29. The fourth-order valence-electron chi connectivity index (χ4n) is 3.27. The van der Waals surface area contributed by atoms with Crippen molar-refractivity contribution in [3.05, 3.63) is 69.0 Å². The largest absolute Gasteiger partial charge is 0.332 e. The summed E-state index contributed by atoms with van der Waals surface area (Å²) >= 11 is 1.16. The lowest BCUT2D eigenvalue weighted by Crippen LogP contribution is -2.41. The second kappa shape index (κ2) is 7.79. The SMILES string of the molecule is CCCn1c(=O)c2sc3ncccc3c2n(CC(=O)Nc2ccc(F)c(F)c2)c1=O. The summed E-state index contributed by atoms with van der Waals surface area (Å²) < 4.78 is 29.2. The monoisotopic (exact) mass is 430 g/mol. The third-order valence-corrected chi connectivity index (χ3v) is 5.65. The van der Waals surface area contributed by atoms with Crippen LogP contribution in [0.4, 0.5) is 14.5 Å². The van der Waals surface area contributed by atoms with Gasteiger partial charge in [0.1, 0.15) is 16.1 Å². The van der Waals surface area contributed by atoms with Crippen molar-refractivity contribution in [3.63, 3.8) is 0 Å². The van der Waals surface area contributed by atoms with Gasteiger partial charge in [-0.15, -0.1) is 11.3 Å². The quantitative estimate of drug-likeness (QED) is 0.527. The number of rotatable bonds is 5. The molecule has 0 unspecified atom stereocenters. The first-order chi connectivity index (χ1) is 14.4. The molecule has 0 bridgehead atoms. The lowest BCUT2D eigenvalue weighted by atomic mass is 10.2. The summed E-state index contributed by atoms with van der Waals surface area (Å²) in [5.74, 6) is -2.75. The number of amides is 1. The Kier molecular flexibility index (Phi) is 5.17. The molecule has 0 aliphatic carbocycles. The molecule has 0 aliphatic heterocycles. The molecular formula is C20H16F2N4O3S. The van der Waals surface area contributed by atoms with Gasteiger partial charge in [0, 0.05) is 29.9 Å². The van der Waals surface area contributed by atoms with E-state index < -0.39 is 35.3 Å². The molecule has 154 valence electrons. The Morgan fingerprint density at radius 1 is 1.17 bits per heavy atom. The molecule has 30 heavy (non-hydrogen) atoms. The normalized spacial score (nSPS) is 11.3. The minimum absolute atomic E-state index is 0.0573. The number of benzene rings is 1. The van der Waals surface area contributed by atoms with Gasteiger partial charge in [0.15, 0.2) is 11.6 Å². The Morgan fingerprint density at radius 2 is 1.97 bits per heavy atom. The number of nitrogens with zero attached hydrogens (tertiary/aromatic N) is 3. The second-order valence-electron chi connectivity index (χ2n) is 6.64. The van der Waals surface area contributed by atoms with E-state index in [4.69, 9.17) is 0 Å². The number of thiophene rings is 1. The van der Waals surface area contributed by atoms with Crippen molar-refractivity contribution in [1.82, 2.24) is 14.1 Å². The Bertz CT molecular complexity index is 1410. The number of hydrogen-bond acceptors (Lipinski definition) is 5. The number of hydrogen-bond donors (Lipinski definition) is 1. The topological polar surface area (TPSA) is 86.0 Å². The molecule has 0 atom stereocenters. The summed E-state index contributed by atoms with van der Waals surface area (Å²) in [6.07, 6.45) is 2.14. The number of pyridine rings is 1. The summed E-state index contributed by atoms with van der Waals surface area (Å²) in [5.41, 5.74) is -0.636. The fraction of sp³-hybridized carbons (Fsp3) is 0.200. The highest BCUT2D eigenvalue weighted by molar-refractivity contribution is 7.25. The van der Waals surface area contributed by atoms with Gasteiger partial charge < -0.3 is 5.32 Å². The van der Waals surface area contributed by atoms with E-state index in [2.05, 4.69) is 10.3 Å². The van der Waals surface area contributed by atoms with Crippen LogP contribution in [0, 0.1) is 11.6 Å². The average Bonchev–Trinajstić information content (AvgIpc) is 3.11. The van der Waals surface area contributed by atoms with E-state index in [1.165, 1.54) is 10.6 Å². The molecule has 1 amide bonds.